The molecule has 0 aliphatic carbocycles. The molecule has 0 fully saturated rings. The van der Waals surface area contributed by atoms with Crippen LogP contribution in [0.4, 0.5) is 0 Å². The molecule has 1 rings (SSSR count). The van der Waals surface area contributed by atoms with Gasteiger partial charge < -0.3 is 15.2 Å². The fourth-order valence-corrected chi connectivity index (χ4v) is 2.30. The minimum Gasteiger partial charge on any atom is -0.550 e. The smallest absolute Gasteiger partial charge is 0.550 e. The molecule has 0 aliphatic rings. The summed E-state index contributed by atoms with van der Waals surface area (Å²) in [7, 11) is 0. The van der Waals surface area contributed by atoms with E-state index in [4.69, 9.17) is 0 Å². The molecule has 1 aromatic rings. The van der Waals surface area contributed by atoms with Gasteiger partial charge in [0.1, 0.15) is 0 Å². The van der Waals surface area contributed by atoms with Gasteiger partial charge in [-0.1, -0.05) is 0 Å². The normalized spacial score (nSPS) is 9.50. The maximum absolute atomic E-state index is 10.1. The number of aliphatic carboxylic acids is 1. The summed E-state index contributed by atoms with van der Waals surface area (Å²) in [6.45, 7) is 1.17. The minimum atomic E-state index is -1.01. The summed E-state index contributed by atoms with van der Waals surface area (Å²) in [4.78, 5) is 11.2. The first-order valence-corrected chi connectivity index (χ1v) is 5.44. The van der Waals surface area contributed by atoms with Crippen molar-refractivity contribution in [1.82, 2.24) is 5.32 Å². The Morgan fingerprint density at radius 2 is 2.29 bits per heavy atom. The van der Waals surface area contributed by atoms with Crippen molar-refractivity contribution in [2.45, 2.75) is 13.0 Å². The van der Waals surface area contributed by atoms with Crippen LogP contribution in [0.2, 0.25) is 0 Å². The van der Waals surface area contributed by atoms with Crippen molar-refractivity contribution < 1.29 is 39.5 Å². The zero-order valence-corrected chi connectivity index (χ0v) is 12.3. The first-order chi connectivity index (χ1) is 6.18. The molecule has 6 heteroatoms. The SMILES string of the molecule is O=C([O-])CCNCc1ccc(Br)s1.[Na+]. The van der Waals surface area contributed by atoms with E-state index in [1.54, 1.807) is 11.3 Å². The van der Waals surface area contributed by atoms with Crippen LogP contribution in [-0.4, -0.2) is 12.5 Å². The third-order valence-electron chi connectivity index (χ3n) is 1.43. The largest absolute Gasteiger partial charge is 1.00 e. The molecule has 0 saturated heterocycles. The van der Waals surface area contributed by atoms with Crippen molar-refractivity contribution in [2.24, 2.45) is 0 Å². The molecule has 0 aliphatic heterocycles. The van der Waals surface area contributed by atoms with Gasteiger partial charge >= 0.3 is 29.6 Å². The van der Waals surface area contributed by atoms with E-state index in [0.717, 1.165) is 3.79 Å². The van der Waals surface area contributed by atoms with Gasteiger partial charge in [0.05, 0.1) is 3.79 Å². The topological polar surface area (TPSA) is 52.2 Å². The fourth-order valence-electron chi connectivity index (χ4n) is 0.849. The van der Waals surface area contributed by atoms with Gasteiger partial charge in [-0.2, -0.15) is 0 Å². The summed E-state index contributed by atoms with van der Waals surface area (Å²) >= 11 is 4.99. The third kappa shape index (κ3) is 6.16. The number of thiophene rings is 1. The Bertz CT molecular complexity index is 293. The van der Waals surface area contributed by atoms with E-state index in [2.05, 4.69) is 21.2 Å². The number of nitrogens with one attached hydrogen (secondary N) is 1. The van der Waals surface area contributed by atoms with Gasteiger partial charge in [-0.3, -0.25) is 0 Å². The van der Waals surface area contributed by atoms with E-state index in [9.17, 15) is 9.90 Å². The maximum Gasteiger partial charge on any atom is 1.00 e. The Balaban J connectivity index is 0.00000169. The van der Waals surface area contributed by atoms with Crippen LogP contribution < -0.4 is 40.0 Å². The van der Waals surface area contributed by atoms with Gasteiger partial charge in [0.2, 0.25) is 0 Å². The quantitative estimate of drug-likeness (QED) is 0.491. The number of carboxylic acids is 1. The van der Waals surface area contributed by atoms with Crippen LogP contribution in [0.15, 0.2) is 15.9 Å². The van der Waals surface area contributed by atoms with Gasteiger partial charge in [-0.05, 0) is 34.5 Å². The van der Waals surface area contributed by atoms with Crippen LogP contribution in [-0.2, 0) is 11.3 Å². The standard InChI is InChI=1S/C8H10BrNO2S.Na/c9-7-2-1-6(13-7)5-10-4-3-8(11)12;/h1-2,10H,3-5H2,(H,11,12);/q;+1/p-1. The predicted molar refractivity (Wildman–Crippen MR) is 53.3 cm³/mol. The molecule has 1 aromatic heterocycles. The zero-order valence-electron chi connectivity index (χ0n) is 7.88. The fraction of sp³-hybridized carbons (Fsp3) is 0.375. The first-order valence-electron chi connectivity index (χ1n) is 3.83. The monoisotopic (exact) mass is 285 g/mol. The van der Waals surface area contributed by atoms with Gasteiger partial charge in [0, 0.05) is 23.9 Å². The molecule has 0 radical (unpaired) electrons. The van der Waals surface area contributed by atoms with Crippen molar-refractivity contribution in [3.05, 3.63) is 20.8 Å². The van der Waals surface area contributed by atoms with Crippen molar-refractivity contribution in [2.75, 3.05) is 6.54 Å². The Labute approximate surface area is 117 Å². The van der Waals surface area contributed by atoms with E-state index in [1.165, 1.54) is 4.88 Å². The Hall–Kier alpha value is 0.610. The van der Waals surface area contributed by atoms with E-state index in [1.807, 2.05) is 12.1 Å². The average Bonchev–Trinajstić information content (AvgIpc) is 2.45. The molecular formula is C8H9BrNNaO2S. The molecule has 0 amide bonds. The first kappa shape index (κ1) is 14.6. The Kier molecular flexibility index (Phi) is 8.19. The molecule has 0 unspecified atom stereocenters. The number of carboxylic acid groups (broad SMARTS) is 1. The van der Waals surface area contributed by atoms with Crippen molar-refractivity contribution >= 4 is 33.2 Å². The summed E-state index contributed by atoms with van der Waals surface area (Å²) in [6, 6.07) is 3.97. The van der Waals surface area contributed by atoms with Gasteiger partial charge in [0.25, 0.3) is 0 Å². The summed E-state index contributed by atoms with van der Waals surface area (Å²) in [5, 5.41) is 13.1. The number of hydrogen-bond acceptors (Lipinski definition) is 4. The van der Waals surface area contributed by atoms with Crippen LogP contribution in [0, 0.1) is 0 Å². The molecule has 1 N–H and O–H groups in total. The van der Waals surface area contributed by atoms with E-state index in [0.29, 0.717) is 13.1 Å². The van der Waals surface area contributed by atoms with Crippen LogP contribution >= 0.6 is 27.3 Å². The molecule has 0 spiro atoms. The van der Waals surface area contributed by atoms with Crippen LogP contribution in [0.3, 0.4) is 0 Å². The number of carbonyl (C=O) groups is 1. The molecule has 0 atom stereocenters. The molecule has 0 bridgehead atoms. The van der Waals surface area contributed by atoms with E-state index >= 15 is 0 Å². The molecule has 1 heterocycles. The summed E-state index contributed by atoms with van der Waals surface area (Å²) in [5.74, 6) is -1.01. The number of hydrogen-bond donors (Lipinski definition) is 1. The summed E-state index contributed by atoms with van der Waals surface area (Å²) in [5.41, 5.74) is 0. The molecule has 72 valence electrons. The Morgan fingerprint density at radius 1 is 1.57 bits per heavy atom. The maximum atomic E-state index is 10.1. The average molecular weight is 286 g/mol. The van der Waals surface area contributed by atoms with Gasteiger partial charge in [-0.25, -0.2) is 0 Å². The van der Waals surface area contributed by atoms with Crippen molar-refractivity contribution in [1.29, 1.82) is 0 Å². The second kappa shape index (κ2) is 7.84. The molecule has 3 nitrogen and oxygen atoms in total. The molecular weight excluding hydrogens is 277 g/mol. The van der Waals surface area contributed by atoms with Crippen molar-refractivity contribution in [3.8, 4) is 0 Å². The molecule has 14 heavy (non-hydrogen) atoms. The second-order valence-corrected chi connectivity index (χ2v) is 5.05. The summed E-state index contributed by atoms with van der Waals surface area (Å²) in [6.07, 6.45) is 0.0620. The zero-order chi connectivity index (χ0) is 9.68. The minimum absolute atomic E-state index is 0. The number of rotatable bonds is 5. The number of carbonyl (C=O) groups excluding carboxylic acids is 1. The Morgan fingerprint density at radius 3 is 2.79 bits per heavy atom. The van der Waals surface area contributed by atoms with Gasteiger partial charge in [0.15, 0.2) is 0 Å². The predicted octanol–water partition coefficient (Wildman–Crippen LogP) is -2.26. The third-order valence-corrected chi connectivity index (χ3v) is 3.06. The summed E-state index contributed by atoms with van der Waals surface area (Å²) < 4.78 is 1.09. The van der Waals surface area contributed by atoms with E-state index in [-0.39, 0.29) is 36.0 Å². The van der Waals surface area contributed by atoms with Crippen LogP contribution in [0.25, 0.3) is 0 Å². The van der Waals surface area contributed by atoms with E-state index < -0.39 is 5.97 Å². The van der Waals surface area contributed by atoms with Gasteiger partial charge in [-0.15, -0.1) is 11.3 Å². The second-order valence-electron chi connectivity index (χ2n) is 2.50. The molecule has 0 saturated carbocycles. The van der Waals surface area contributed by atoms with Crippen molar-refractivity contribution in [3.63, 3.8) is 0 Å². The van der Waals surface area contributed by atoms with Crippen LogP contribution in [0.1, 0.15) is 11.3 Å². The number of halogens is 1. The van der Waals surface area contributed by atoms with Crippen LogP contribution in [0.5, 0.6) is 0 Å². The molecule has 0 aromatic carbocycles.